The van der Waals surface area contributed by atoms with Crippen molar-refractivity contribution in [3.05, 3.63) is 47.5 Å². The summed E-state index contributed by atoms with van der Waals surface area (Å²) in [6.07, 6.45) is 0. The molecule has 4 nitrogen and oxygen atoms in total. The minimum atomic E-state index is -3.65. The van der Waals surface area contributed by atoms with Crippen molar-refractivity contribution >= 4 is 32.8 Å². The Kier molecular flexibility index (Phi) is 3.92. The fourth-order valence-corrected chi connectivity index (χ4v) is 3.30. The number of nitrogen functional groups attached to an aromatic ring is 1. The van der Waals surface area contributed by atoms with Crippen molar-refractivity contribution in [2.45, 2.75) is 9.79 Å². The number of nitrogens with zero attached hydrogens (tertiary/aromatic N) is 1. The summed E-state index contributed by atoms with van der Waals surface area (Å²) in [7, 11) is 0.0223. The van der Waals surface area contributed by atoms with E-state index in [1.54, 1.807) is 30.3 Å². The highest BCUT2D eigenvalue weighted by atomic mass is 35.5. The molecule has 0 unspecified atom stereocenters. The summed E-state index contributed by atoms with van der Waals surface area (Å²) in [6.45, 7) is 0. The largest absolute Gasteiger partial charge is 0.398 e. The van der Waals surface area contributed by atoms with Gasteiger partial charge in [-0.3, -0.25) is 0 Å². The maximum atomic E-state index is 12.6. The third-order valence-corrected chi connectivity index (χ3v) is 5.00. The summed E-state index contributed by atoms with van der Waals surface area (Å²) in [5, 5.41) is 0.485. The third kappa shape index (κ3) is 2.73. The van der Waals surface area contributed by atoms with Gasteiger partial charge in [0, 0.05) is 24.8 Å². The SMILES string of the molecule is CN(C)c1ccc(N)c(S(=O)(=O)c2ccc(Cl)cc2)c1. The molecule has 0 aliphatic rings. The molecule has 0 aromatic heterocycles. The number of hydrogen-bond acceptors (Lipinski definition) is 4. The molecule has 106 valence electrons. The van der Waals surface area contributed by atoms with Gasteiger partial charge in [-0.2, -0.15) is 0 Å². The van der Waals surface area contributed by atoms with Gasteiger partial charge >= 0.3 is 0 Å². The van der Waals surface area contributed by atoms with Crippen LogP contribution in [-0.2, 0) is 9.84 Å². The van der Waals surface area contributed by atoms with E-state index in [1.807, 2.05) is 19.0 Å². The maximum Gasteiger partial charge on any atom is 0.208 e. The van der Waals surface area contributed by atoms with Crippen LogP contribution in [0.1, 0.15) is 0 Å². The third-order valence-electron chi connectivity index (χ3n) is 2.93. The molecule has 0 heterocycles. The number of benzene rings is 2. The number of anilines is 2. The highest BCUT2D eigenvalue weighted by Crippen LogP contribution is 2.29. The maximum absolute atomic E-state index is 12.6. The molecule has 0 spiro atoms. The van der Waals surface area contributed by atoms with Gasteiger partial charge < -0.3 is 10.6 Å². The van der Waals surface area contributed by atoms with Crippen LogP contribution in [0.5, 0.6) is 0 Å². The first-order valence-electron chi connectivity index (χ1n) is 5.90. The van der Waals surface area contributed by atoms with Crippen LogP contribution in [0.2, 0.25) is 5.02 Å². The summed E-state index contributed by atoms with van der Waals surface area (Å²) >= 11 is 5.78. The summed E-state index contributed by atoms with van der Waals surface area (Å²) in [5.74, 6) is 0. The lowest BCUT2D eigenvalue weighted by atomic mass is 10.3. The number of nitrogens with two attached hydrogens (primary N) is 1. The first-order valence-corrected chi connectivity index (χ1v) is 7.76. The lowest BCUT2D eigenvalue weighted by Gasteiger charge is -2.15. The van der Waals surface area contributed by atoms with Crippen molar-refractivity contribution in [3.8, 4) is 0 Å². The minimum absolute atomic E-state index is 0.103. The highest BCUT2D eigenvalue weighted by molar-refractivity contribution is 7.91. The van der Waals surface area contributed by atoms with Crippen molar-refractivity contribution in [1.29, 1.82) is 0 Å². The predicted octanol–water partition coefficient (Wildman–Crippen LogP) is 2.82. The Balaban J connectivity index is 2.59. The Bertz CT molecular complexity index is 725. The van der Waals surface area contributed by atoms with Crippen LogP contribution in [-0.4, -0.2) is 22.5 Å². The fourth-order valence-electron chi connectivity index (χ4n) is 1.77. The highest BCUT2D eigenvalue weighted by Gasteiger charge is 2.21. The fraction of sp³-hybridized carbons (Fsp3) is 0.143. The molecule has 6 heteroatoms. The Morgan fingerprint density at radius 2 is 1.65 bits per heavy atom. The predicted molar refractivity (Wildman–Crippen MR) is 82.1 cm³/mol. The van der Waals surface area contributed by atoms with Gasteiger partial charge in [0.05, 0.1) is 15.5 Å². The van der Waals surface area contributed by atoms with Crippen LogP contribution in [0.25, 0.3) is 0 Å². The molecular weight excluding hydrogens is 296 g/mol. The van der Waals surface area contributed by atoms with E-state index in [2.05, 4.69) is 0 Å². The van der Waals surface area contributed by atoms with Crippen molar-refractivity contribution in [2.75, 3.05) is 24.7 Å². The topological polar surface area (TPSA) is 63.4 Å². The van der Waals surface area contributed by atoms with Crippen molar-refractivity contribution in [1.82, 2.24) is 0 Å². The molecule has 20 heavy (non-hydrogen) atoms. The summed E-state index contributed by atoms with van der Waals surface area (Å²) in [5.41, 5.74) is 6.82. The molecule has 2 rings (SSSR count). The molecule has 0 bridgehead atoms. The first kappa shape index (κ1) is 14.7. The van der Waals surface area contributed by atoms with Gasteiger partial charge in [0.1, 0.15) is 0 Å². The molecular formula is C14H15ClN2O2S. The van der Waals surface area contributed by atoms with E-state index in [1.165, 1.54) is 12.1 Å². The summed E-state index contributed by atoms with van der Waals surface area (Å²) < 4.78 is 25.2. The molecule has 2 aromatic rings. The van der Waals surface area contributed by atoms with E-state index >= 15 is 0 Å². The second-order valence-corrected chi connectivity index (χ2v) is 6.93. The van der Waals surface area contributed by atoms with Gasteiger partial charge in [0.25, 0.3) is 0 Å². The molecule has 2 aromatic carbocycles. The zero-order valence-corrected chi connectivity index (χ0v) is 12.7. The molecule has 0 aliphatic carbocycles. The standard InChI is InChI=1S/C14H15ClN2O2S/c1-17(2)11-5-8-13(16)14(9-11)20(18,19)12-6-3-10(15)4-7-12/h3-9H,16H2,1-2H3. The zero-order valence-electron chi connectivity index (χ0n) is 11.2. The second-order valence-electron chi connectivity index (χ2n) is 4.57. The molecule has 0 atom stereocenters. The zero-order chi connectivity index (χ0) is 14.9. The molecule has 0 radical (unpaired) electrons. The Hall–Kier alpha value is -1.72. The number of halogens is 1. The minimum Gasteiger partial charge on any atom is -0.398 e. The van der Waals surface area contributed by atoms with E-state index in [4.69, 9.17) is 17.3 Å². The number of rotatable bonds is 3. The van der Waals surface area contributed by atoms with Crippen LogP contribution in [0, 0.1) is 0 Å². The van der Waals surface area contributed by atoms with Crippen molar-refractivity contribution in [3.63, 3.8) is 0 Å². The molecule has 0 aliphatic heterocycles. The van der Waals surface area contributed by atoms with E-state index in [0.29, 0.717) is 5.02 Å². The average molecular weight is 311 g/mol. The quantitative estimate of drug-likeness (QED) is 0.885. The van der Waals surface area contributed by atoms with Gasteiger partial charge in [-0.25, -0.2) is 8.42 Å². The van der Waals surface area contributed by atoms with Crippen molar-refractivity contribution < 1.29 is 8.42 Å². The van der Waals surface area contributed by atoms with E-state index < -0.39 is 9.84 Å². The van der Waals surface area contributed by atoms with Crippen LogP contribution in [0.4, 0.5) is 11.4 Å². The molecule has 0 saturated carbocycles. The normalized spacial score (nSPS) is 11.3. The molecule has 0 saturated heterocycles. The van der Waals surface area contributed by atoms with E-state index in [-0.39, 0.29) is 15.5 Å². The van der Waals surface area contributed by atoms with E-state index in [9.17, 15) is 8.42 Å². The molecule has 0 fully saturated rings. The van der Waals surface area contributed by atoms with Gasteiger partial charge in [-0.1, -0.05) is 11.6 Å². The average Bonchev–Trinajstić information content (AvgIpc) is 2.39. The van der Waals surface area contributed by atoms with E-state index in [0.717, 1.165) is 5.69 Å². The van der Waals surface area contributed by atoms with Gasteiger partial charge in [-0.05, 0) is 42.5 Å². The Morgan fingerprint density at radius 3 is 2.20 bits per heavy atom. The summed E-state index contributed by atoms with van der Waals surface area (Å²) in [6, 6.07) is 11.0. The number of hydrogen-bond donors (Lipinski definition) is 1. The van der Waals surface area contributed by atoms with Gasteiger partial charge in [-0.15, -0.1) is 0 Å². The Labute approximate surface area is 123 Å². The lowest BCUT2D eigenvalue weighted by molar-refractivity contribution is 0.596. The Morgan fingerprint density at radius 1 is 1.05 bits per heavy atom. The van der Waals surface area contributed by atoms with Crippen LogP contribution in [0.15, 0.2) is 52.3 Å². The van der Waals surface area contributed by atoms with Crippen molar-refractivity contribution in [2.24, 2.45) is 0 Å². The van der Waals surface area contributed by atoms with Crippen LogP contribution < -0.4 is 10.6 Å². The van der Waals surface area contributed by atoms with Gasteiger partial charge in [0.2, 0.25) is 9.84 Å². The molecule has 2 N–H and O–H groups in total. The summed E-state index contributed by atoms with van der Waals surface area (Å²) in [4.78, 5) is 2.09. The monoisotopic (exact) mass is 310 g/mol. The van der Waals surface area contributed by atoms with Crippen LogP contribution >= 0.6 is 11.6 Å². The lowest BCUT2D eigenvalue weighted by Crippen LogP contribution is -2.11. The van der Waals surface area contributed by atoms with Crippen LogP contribution in [0.3, 0.4) is 0 Å². The van der Waals surface area contributed by atoms with Gasteiger partial charge in [0.15, 0.2) is 0 Å². The second kappa shape index (κ2) is 5.34. The number of sulfone groups is 1. The first-order chi connectivity index (χ1) is 9.32. The smallest absolute Gasteiger partial charge is 0.208 e. The molecule has 0 amide bonds.